The lowest BCUT2D eigenvalue weighted by Crippen LogP contribution is -2.45. The van der Waals surface area contributed by atoms with E-state index in [4.69, 9.17) is 4.74 Å². The van der Waals surface area contributed by atoms with Crippen LogP contribution >= 0.6 is 0 Å². The fourth-order valence-corrected chi connectivity index (χ4v) is 4.31. The maximum atomic E-state index is 12.9. The van der Waals surface area contributed by atoms with Crippen LogP contribution in [0.25, 0.3) is 5.52 Å². The number of fused-ring (bicyclic) bond motifs is 2. The summed E-state index contributed by atoms with van der Waals surface area (Å²) in [6.45, 7) is 10.4. The van der Waals surface area contributed by atoms with Crippen LogP contribution in [0, 0.1) is 17.8 Å². The molecule has 0 bridgehead atoms. The Morgan fingerprint density at radius 3 is 2.48 bits per heavy atom. The molecule has 0 unspecified atom stereocenters. The molecule has 2 amide bonds. The lowest BCUT2D eigenvalue weighted by molar-refractivity contribution is -0.125. The first-order valence-corrected chi connectivity index (χ1v) is 9.93. The number of ether oxygens (including phenoxy) is 1. The topological polar surface area (TPSA) is 96.2 Å². The zero-order valence-corrected chi connectivity index (χ0v) is 17.5. The van der Waals surface area contributed by atoms with Crippen molar-refractivity contribution in [3.8, 4) is 5.75 Å². The number of hydrogen-bond acceptors (Lipinski definition) is 5. The number of hydrogen-bond donors (Lipinski definition) is 2. The lowest BCUT2D eigenvalue weighted by Gasteiger charge is -2.27. The molecule has 8 heteroatoms. The number of rotatable bonds is 3. The van der Waals surface area contributed by atoms with Gasteiger partial charge in [0.1, 0.15) is 22.7 Å². The molecule has 1 aliphatic carbocycles. The van der Waals surface area contributed by atoms with Crippen molar-refractivity contribution in [2.45, 2.75) is 45.8 Å². The predicted molar refractivity (Wildman–Crippen MR) is 106 cm³/mol. The maximum absolute atomic E-state index is 12.9. The first-order valence-electron chi connectivity index (χ1n) is 9.93. The summed E-state index contributed by atoms with van der Waals surface area (Å²) >= 11 is 0. The molecule has 0 spiro atoms. The number of imidazole rings is 1. The van der Waals surface area contributed by atoms with E-state index in [1.54, 1.807) is 27.6 Å². The van der Waals surface area contributed by atoms with Gasteiger partial charge >= 0.3 is 6.09 Å². The highest BCUT2D eigenvalue weighted by atomic mass is 16.6. The molecule has 3 atom stereocenters. The summed E-state index contributed by atoms with van der Waals surface area (Å²) in [4.78, 5) is 31.2. The van der Waals surface area contributed by atoms with Gasteiger partial charge in [0.15, 0.2) is 0 Å². The Labute approximate surface area is 169 Å². The Bertz CT molecular complexity index is 963. The molecule has 2 aliphatic rings. The Morgan fingerprint density at radius 1 is 1.21 bits per heavy atom. The van der Waals surface area contributed by atoms with Gasteiger partial charge < -0.3 is 20.1 Å². The van der Waals surface area contributed by atoms with Crippen molar-refractivity contribution in [1.82, 2.24) is 19.6 Å². The molecule has 2 N–H and O–H groups in total. The SMILES string of the molecule is CC(C)(C)OC(=O)N1C[C@@H]2[C@H](C1)[C@H]2C(=O)NC(C)(C)c1ncc2c(O)cccn12. The first-order chi connectivity index (χ1) is 13.5. The smallest absolute Gasteiger partial charge is 0.410 e. The zero-order chi connectivity index (χ0) is 21.1. The van der Waals surface area contributed by atoms with Crippen molar-refractivity contribution < 1.29 is 19.4 Å². The fourth-order valence-electron chi connectivity index (χ4n) is 4.31. The van der Waals surface area contributed by atoms with Crippen LogP contribution in [0.2, 0.25) is 0 Å². The van der Waals surface area contributed by atoms with Crippen LogP contribution in [0.15, 0.2) is 24.5 Å². The van der Waals surface area contributed by atoms with Gasteiger partial charge in [-0.3, -0.25) is 9.20 Å². The Balaban J connectivity index is 1.40. The van der Waals surface area contributed by atoms with E-state index >= 15 is 0 Å². The minimum Gasteiger partial charge on any atom is -0.506 e. The van der Waals surface area contributed by atoms with Crippen LogP contribution in [0.4, 0.5) is 4.79 Å². The van der Waals surface area contributed by atoms with Crippen LogP contribution in [0.5, 0.6) is 5.75 Å². The quantitative estimate of drug-likeness (QED) is 0.825. The highest BCUT2D eigenvalue weighted by Gasteiger charge is 2.61. The molecule has 156 valence electrons. The molecule has 0 radical (unpaired) electrons. The van der Waals surface area contributed by atoms with Crippen LogP contribution in [-0.4, -0.2) is 50.1 Å². The van der Waals surface area contributed by atoms with Gasteiger partial charge in [0.05, 0.1) is 11.7 Å². The summed E-state index contributed by atoms with van der Waals surface area (Å²) < 4.78 is 7.21. The summed E-state index contributed by atoms with van der Waals surface area (Å²) in [7, 11) is 0. The van der Waals surface area contributed by atoms with Crippen molar-refractivity contribution >= 4 is 17.5 Å². The number of nitrogens with one attached hydrogen (secondary N) is 1. The van der Waals surface area contributed by atoms with E-state index in [1.165, 1.54) is 0 Å². The number of carbonyl (C=O) groups is 2. The van der Waals surface area contributed by atoms with Crippen LogP contribution < -0.4 is 5.32 Å². The number of likely N-dealkylation sites (tertiary alicyclic amines) is 1. The summed E-state index contributed by atoms with van der Waals surface area (Å²) in [6, 6.07) is 3.34. The van der Waals surface area contributed by atoms with Crippen LogP contribution in [0.1, 0.15) is 40.4 Å². The minimum absolute atomic E-state index is 0.0225. The highest BCUT2D eigenvalue weighted by molar-refractivity contribution is 5.84. The average Bonchev–Trinajstić information content (AvgIpc) is 2.96. The normalized spacial score (nSPS) is 23.8. The van der Waals surface area contributed by atoms with Gasteiger partial charge in [-0.15, -0.1) is 0 Å². The number of amides is 2. The monoisotopic (exact) mass is 400 g/mol. The molecule has 1 saturated carbocycles. The molecular weight excluding hydrogens is 372 g/mol. The lowest BCUT2D eigenvalue weighted by atomic mass is 10.0. The second kappa shape index (κ2) is 6.37. The third kappa shape index (κ3) is 3.52. The number of piperidine rings is 1. The molecule has 2 fully saturated rings. The van der Waals surface area contributed by atoms with E-state index in [-0.39, 0.29) is 35.5 Å². The van der Waals surface area contributed by atoms with E-state index in [0.29, 0.717) is 24.4 Å². The molecule has 4 rings (SSSR count). The predicted octanol–water partition coefficient (Wildman–Crippen LogP) is 2.50. The molecule has 2 aromatic rings. The number of carbonyl (C=O) groups excluding carboxylic acids is 2. The molecule has 8 nitrogen and oxygen atoms in total. The van der Waals surface area contributed by atoms with Gasteiger partial charge in [-0.25, -0.2) is 9.78 Å². The summed E-state index contributed by atoms with van der Waals surface area (Å²) in [5.41, 5.74) is -0.633. The highest BCUT2D eigenvalue weighted by Crippen LogP contribution is 2.52. The van der Waals surface area contributed by atoms with Crippen LogP contribution in [0.3, 0.4) is 0 Å². The first kappa shape index (κ1) is 19.5. The third-order valence-corrected chi connectivity index (χ3v) is 5.69. The van der Waals surface area contributed by atoms with E-state index < -0.39 is 11.1 Å². The second-order valence-corrected chi connectivity index (χ2v) is 9.58. The van der Waals surface area contributed by atoms with Crippen molar-refractivity contribution in [3.05, 3.63) is 30.4 Å². The fraction of sp³-hybridized carbons (Fsp3) is 0.571. The van der Waals surface area contributed by atoms with Gasteiger partial charge in [-0.05, 0) is 58.6 Å². The van der Waals surface area contributed by atoms with E-state index in [0.717, 1.165) is 0 Å². The number of nitrogens with zero attached hydrogens (tertiary/aromatic N) is 3. The minimum atomic E-state index is -0.709. The standard InChI is InChI=1S/C21H28N4O4/c1-20(2,3)29-19(28)24-10-12-13(11-24)16(12)17(27)23-21(4,5)18-22-9-14-15(26)7-6-8-25(14)18/h6-9,12-13,16,26H,10-11H2,1-5H3,(H,23,27)/t12-,13+,16+. The van der Waals surface area contributed by atoms with Crippen molar-refractivity contribution in [1.29, 1.82) is 0 Å². The summed E-state index contributed by atoms with van der Waals surface area (Å²) in [6.07, 6.45) is 3.10. The number of aromatic hydroxyl groups is 1. The summed E-state index contributed by atoms with van der Waals surface area (Å²) in [5.74, 6) is 1.04. The van der Waals surface area contributed by atoms with Crippen molar-refractivity contribution in [2.24, 2.45) is 17.8 Å². The summed E-state index contributed by atoms with van der Waals surface area (Å²) in [5, 5.41) is 13.1. The van der Waals surface area contributed by atoms with E-state index in [1.807, 2.05) is 40.8 Å². The molecular formula is C21H28N4O4. The number of aromatic nitrogens is 2. The third-order valence-electron chi connectivity index (χ3n) is 5.69. The largest absolute Gasteiger partial charge is 0.506 e. The van der Waals surface area contributed by atoms with E-state index in [9.17, 15) is 14.7 Å². The molecule has 1 aliphatic heterocycles. The average molecular weight is 400 g/mol. The Kier molecular flexibility index (Phi) is 4.29. The molecule has 1 saturated heterocycles. The second-order valence-electron chi connectivity index (χ2n) is 9.58. The van der Waals surface area contributed by atoms with Gasteiger partial charge in [0.25, 0.3) is 0 Å². The van der Waals surface area contributed by atoms with Gasteiger partial charge in [0, 0.05) is 25.2 Å². The molecule has 2 aromatic heterocycles. The van der Waals surface area contributed by atoms with Crippen molar-refractivity contribution in [2.75, 3.05) is 13.1 Å². The Morgan fingerprint density at radius 2 is 1.86 bits per heavy atom. The van der Waals surface area contributed by atoms with Crippen molar-refractivity contribution in [3.63, 3.8) is 0 Å². The van der Waals surface area contributed by atoms with E-state index in [2.05, 4.69) is 10.3 Å². The van der Waals surface area contributed by atoms with Gasteiger partial charge in [-0.2, -0.15) is 0 Å². The van der Waals surface area contributed by atoms with Crippen LogP contribution in [-0.2, 0) is 15.1 Å². The van der Waals surface area contributed by atoms with Gasteiger partial charge in [-0.1, -0.05) is 0 Å². The molecule has 29 heavy (non-hydrogen) atoms. The molecule has 3 heterocycles. The zero-order valence-electron chi connectivity index (χ0n) is 17.5. The number of pyridine rings is 1. The maximum Gasteiger partial charge on any atom is 0.410 e. The molecule has 0 aromatic carbocycles. The Hall–Kier alpha value is -2.77. The van der Waals surface area contributed by atoms with Gasteiger partial charge in [0.2, 0.25) is 5.91 Å².